The van der Waals surface area contributed by atoms with Crippen molar-refractivity contribution in [2.24, 2.45) is 7.05 Å². The van der Waals surface area contributed by atoms with Crippen molar-refractivity contribution in [3.05, 3.63) is 54.0 Å². The van der Waals surface area contributed by atoms with Gasteiger partial charge in [-0.25, -0.2) is 4.98 Å². The van der Waals surface area contributed by atoms with Crippen LogP contribution in [0.25, 0.3) is 10.9 Å². The number of aliphatic hydroxyl groups is 1. The number of benzene rings is 1. The van der Waals surface area contributed by atoms with E-state index < -0.39 is 0 Å². The Hall–Kier alpha value is -1.85. The van der Waals surface area contributed by atoms with Crippen LogP contribution in [0.5, 0.6) is 0 Å². The van der Waals surface area contributed by atoms with E-state index in [9.17, 15) is 0 Å². The van der Waals surface area contributed by atoms with Crippen LogP contribution >= 0.6 is 11.8 Å². The average Bonchev–Trinajstić information content (AvgIpc) is 2.85. The minimum Gasteiger partial charge on any atom is -0.390 e. The Kier molecular flexibility index (Phi) is 3.71. The first-order valence-electron chi connectivity index (χ1n) is 6.36. The zero-order chi connectivity index (χ0) is 13.9. The van der Waals surface area contributed by atoms with Crippen LogP contribution in [-0.2, 0) is 19.4 Å². The highest BCUT2D eigenvalue weighted by molar-refractivity contribution is 7.98. The van der Waals surface area contributed by atoms with Gasteiger partial charge in [-0.3, -0.25) is 4.98 Å². The number of aromatic nitrogens is 3. The molecule has 2 aromatic heterocycles. The van der Waals surface area contributed by atoms with E-state index in [4.69, 9.17) is 5.11 Å². The minimum atomic E-state index is 0.0195. The molecule has 0 atom stereocenters. The van der Waals surface area contributed by atoms with Gasteiger partial charge in [-0.15, -0.1) is 0 Å². The van der Waals surface area contributed by atoms with E-state index in [1.165, 1.54) is 5.56 Å². The lowest BCUT2D eigenvalue weighted by molar-refractivity contribution is 0.271. The van der Waals surface area contributed by atoms with Crippen LogP contribution in [0.4, 0.5) is 0 Å². The molecule has 0 saturated carbocycles. The molecule has 0 bridgehead atoms. The lowest BCUT2D eigenvalue weighted by atomic mass is 10.1. The second-order valence-corrected chi connectivity index (χ2v) is 5.51. The van der Waals surface area contributed by atoms with Crippen LogP contribution < -0.4 is 0 Å². The largest absolute Gasteiger partial charge is 0.390 e. The molecule has 0 aliphatic rings. The summed E-state index contributed by atoms with van der Waals surface area (Å²) in [7, 11) is 1.92. The smallest absolute Gasteiger partial charge is 0.168 e. The van der Waals surface area contributed by atoms with Crippen molar-refractivity contribution in [1.82, 2.24) is 14.5 Å². The molecule has 20 heavy (non-hydrogen) atoms. The molecular formula is C15H15N3OS. The van der Waals surface area contributed by atoms with Gasteiger partial charge in [-0.2, -0.15) is 0 Å². The molecule has 1 N–H and O–H groups in total. The fraction of sp³-hybridized carbons (Fsp3) is 0.200. The van der Waals surface area contributed by atoms with E-state index in [-0.39, 0.29) is 6.61 Å². The van der Waals surface area contributed by atoms with E-state index in [2.05, 4.69) is 28.2 Å². The molecule has 0 radical (unpaired) electrons. The summed E-state index contributed by atoms with van der Waals surface area (Å²) in [5.41, 5.74) is 3.08. The first-order chi connectivity index (χ1) is 9.78. The van der Waals surface area contributed by atoms with E-state index in [0.29, 0.717) is 0 Å². The second kappa shape index (κ2) is 5.64. The minimum absolute atomic E-state index is 0.0195. The maximum absolute atomic E-state index is 9.16. The van der Waals surface area contributed by atoms with Crippen molar-refractivity contribution in [3.63, 3.8) is 0 Å². The number of thioether (sulfide) groups is 1. The maximum Gasteiger partial charge on any atom is 0.168 e. The summed E-state index contributed by atoms with van der Waals surface area (Å²) in [5, 5.41) is 11.2. The van der Waals surface area contributed by atoms with Crippen molar-refractivity contribution >= 4 is 22.7 Å². The molecule has 4 nitrogen and oxygen atoms in total. The Morgan fingerprint density at radius 1 is 1.25 bits per heavy atom. The van der Waals surface area contributed by atoms with Gasteiger partial charge in [0.1, 0.15) is 0 Å². The molecule has 0 saturated heterocycles. The summed E-state index contributed by atoms with van der Waals surface area (Å²) < 4.78 is 1.92. The van der Waals surface area contributed by atoms with Gasteiger partial charge in [0.2, 0.25) is 0 Å². The van der Waals surface area contributed by atoms with E-state index in [1.54, 1.807) is 24.2 Å². The SMILES string of the molecule is Cn1c(CO)cnc1SCc1ccc2ncccc2c1. The third-order valence-corrected chi connectivity index (χ3v) is 4.35. The normalized spacial score (nSPS) is 11.1. The Morgan fingerprint density at radius 2 is 2.15 bits per heavy atom. The van der Waals surface area contributed by atoms with Crippen molar-refractivity contribution in [3.8, 4) is 0 Å². The molecule has 0 amide bonds. The van der Waals surface area contributed by atoms with Crippen LogP contribution in [0.3, 0.4) is 0 Å². The van der Waals surface area contributed by atoms with Gasteiger partial charge in [-0.1, -0.05) is 23.9 Å². The molecule has 3 rings (SSSR count). The molecule has 102 valence electrons. The summed E-state index contributed by atoms with van der Waals surface area (Å²) in [6, 6.07) is 10.3. The Balaban J connectivity index is 1.77. The van der Waals surface area contributed by atoms with Gasteiger partial charge in [0, 0.05) is 24.4 Å². The highest BCUT2D eigenvalue weighted by Crippen LogP contribution is 2.23. The number of hydrogen-bond donors (Lipinski definition) is 1. The first-order valence-corrected chi connectivity index (χ1v) is 7.34. The number of aliphatic hydroxyl groups excluding tert-OH is 1. The predicted molar refractivity (Wildman–Crippen MR) is 80.4 cm³/mol. The molecule has 0 unspecified atom stereocenters. The fourth-order valence-corrected chi connectivity index (χ4v) is 2.98. The highest BCUT2D eigenvalue weighted by Gasteiger charge is 2.06. The second-order valence-electron chi connectivity index (χ2n) is 4.57. The summed E-state index contributed by atoms with van der Waals surface area (Å²) in [4.78, 5) is 8.64. The molecule has 0 aliphatic carbocycles. The van der Waals surface area contributed by atoms with Crippen molar-refractivity contribution < 1.29 is 5.11 Å². The monoisotopic (exact) mass is 285 g/mol. The average molecular weight is 285 g/mol. The topological polar surface area (TPSA) is 50.9 Å². The van der Waals surface area contributed by atoms with Gasteiger partial charge in [0.05, 0.1) is 24.0 Å². The van der Waals surface area contributed by atoms with Crippen LogP contribution in [0.15, 0.2) is 47.9 Å². The summed E-state index contributed by atoms with van der Waals surface area (Å²) in [6.07, 6.45) is 3.52. The van der Waals surface area contributed by atoms with Crippen LogP contribution in [-0.4, -0.2) is 19.6 Å². The third-order valence-electron chi connectivity index (χ3n) is 3.24. The summed E-state index contributed by atoms with van der Waals surface area (Å²) in [6.45, 7) is 0.0195. The lowest BCUT2D eigenvalue weighted by Crippen LogP contribution is -1.97. The molecular weight excluding hydrogens is 270 g/mol. The molecule has 2 heterocycles. The first kappa shape index (κ1) is 13.1. The van der Waals surface area contributed by atoms with Gasteiger partial charge in [0.25, 0.3) is 0 Å². The Morgan fingerprint density at radius 3 is 2.95 bits per heavy atom. The van der Waals surface area contributed by atoms with Gasteiger partial charge in [-0.05, 0) is 23.8 Å². The van der Waals surface area contributed by atoms with E-state index >= 15 is 0 Å². The zero-order valence-electron chi connectivity index (χ0n) is 11.2. The number of imidazole rings is 1. The molecule has 5 heteroatoms. The summed E-state index contributed by atoms with van der Waals surface area (Å²) in [5.74, 6) is 0.848. The third kappa shape index (κ3) is 2.55. The summed E-state index contributed by atoms with van der Waals surface area (Å²) >= 11 is 1.67. The fourth-order valence-electron chi connectivity index (χ4n) is 2.07. The Labute approximate surface area is 121 Å². The maximum atomic E-state index is 9.16. The van der Waals surface area contributed by atoms with Crippen molar-refractivity contribution in [2.45, 2.75) is 17.5 Å². The van der Waals surface area contributed by atoms with E-state index in [0.717, 1.165) is 27.5 Å². The number of rotatable bonds is 4. The molecule has 1 aromatic carbocycles. The van der Waals surface area contributed by atoms with Crippen molar-refractivity contribution in [2.75, 3.05) is 0 Å². The number of nitrogens with zero attached hydrogens (tertiary/aromatic N) is 3. The van der Waals surface area contributed by atoms with Gasteiger partial charge >= 0.3 is 0 Å². The number of pyridine rings is 1. The quantitative estimate of drug-likeness (QED) is 0.749. The highest BCUT2D eigenvalue weighted by atomic mass is 32.2. The van der Waals surface area contributed by atoms with E-state index in [1.807, 2.05) is 23.7 Å². The van der Waals surface area contributed by atoms with Crippen LogP contribution in [0, 0.1) is 0 Å². The molecule has 0 aliphatic heterocycles. The zero-order valence-corrected chi connectivity index (χ0v) is 12.0. The van der Waals surface area contributed by atoms with Crippen LogP contribution in [0.2, 0.25) is 0 Å². The lowest BCUT2D eigenvalue weighted by Gasteiger charge is -2.05. The number of hydrogen-bond acceptors (Lipinski definition) is 4. The van der Waals surface area contributed by atoms with Gasteiger partial charge in [0.15, 0.2) is 5.16 Å². The van der Waals surface area contributed by atoms with Gasteiger partial charge < -0.3 is 9.67 Å². The molecule has 0 spiro atoms. The number of fused-ring (bicyclic) bond motifs is 1. The predicted octanol–water partition coefficient (Wildman–Crippen LogP) is 2.75. The standard InChI is InChI=1S/C15H15N3OS/c1-18-13(9-19)8-17-15(18)20-10-11-4-5-14-12(7-11)3-2-6-16-14/h2-8,19H,9-10H2,1H3. The molecule has 0 fully saturated rings. The Bertz CT molecular complexity index is 739. The van der Waals surface area contributed by atoms with Crippen LogP contribution in [0.1, 0.15) is 11.3 Å². The van der Waals surface area contributed by atoms with Crippen molar-refractivity contribution in [1.29, 1.82) is 0 Å². The molecule has 3 aromatic rings.